The number of nitrogens with one attached hydrogen (secondary N) is 1. The molecule has 1 aliphatic heterocycles. The molecule has 1 saturated heterocycles. The second kappa shape index (κ2) is 6.22. The van der Waals surface area contributed by atoms with Crippen molar-refractivity contribution in [1.82, 2.24) is 25.0 Å². The Hall–Kier alpha value is -0.940. The summed E-state index contributed by atoms with van der Waals surface area (Å²) in [6.07, 6.45) is 2.84. The molecule has 0 aliphatic carbocycles. The summed E-state index contributed by atoms with van der Waals surface area (Å²) in [6, 6.07) is 1.12. The molecule has 2 atom stereocenters. The Labute approximate surface area is 122 Å². The fraction of sp³-hybridized carbons (Fsp3) is 0.867. The second-order valence-electron chi connectivity index (χ2n) is 6.81. The summed E-state index contributed by atoms with van der Waals surface area (Å²) in [6.45, 7) is 15.3. The molecular weight excluding hydrogens is 250 g/mol. The molecule has 114 valence electrons. The van der Waals surface area contributed by atoms with Crippen molar-refractivity contribution >= 4 is 0 Å². The third kappa shape index (κ3) is 3.38. The van der Waals surface area contributed by atoms with E-state index in [1.54, 1.807) is 6.33 Å². The molecule has 0 amide bonds. The van der Waals surface area contributed by atoms with E-state index in [4.69, 9.17) is 0 Å². The molecule has 1 fully saturated rings. The van der Waals surface area contributed by atoms with E-state index in [1.807, 2.05) is 4.68 Å². The van der Waals surface area contributed by atoms with Crippen molar-refractivity contribution < 1.29 is 0 Å². The van der Waals surface area contributed by atoms with Crippen molar-refractivity contribution in [3.63, 3.8) is 0 Å². The van der Waals surface area contributed by atoms with Crippen LogP contribution in [0.5, 0.6) is 0 Å². The molecule has 2 heterocycles. The maximum atomic E-state index is 4.43. The van der Waals surface area contributed by atoms with Gasteiger partial charge >= 0.3 is 0 Å². The number of aryl methyl sites for hydroxylation is 1. The first-order valence-electron chi connectivity index (χ1n) is 7.79. The molecule has 1 N–H and O–H groups in total. The first-order chi connectivity index (χ1) is 9.45. The summed E-state index contributed by atoms with van der Waals surface area (Å²) in [7, 11) is 0. The molecule has 0 bridgehead atoms. The van der Waals surface area contributed by atoms with E-state index in [-0.39, 0.29) is 5.41 Å². The highest BCUT2D eigenvalue weighted by atomic mass is 15.4. The lowest BCUT2D eigenvalue weighted by molar-refractivity contribution is 0.0742. The molecule has 2 unspecified atom stereocenters. The largest absolute Gasteiger partial charge is 0.311 e. The van der Waals surface area contributed by atoms with Crippen LogP contribution < -0.4 is 5.32 Å². The van der Waals surface area contributed by atoms with Crippen molar-refractivity contribution in [2.75, 3.05) is 13.1 Å². The van der Waals surface area contributed by atoms with Gasteiger partial charge in [-0.2, -0.15) is 5.10 Å². The zero-order valence-electron chi connectivity index (χ0n) is 13.6. The van der Waals surface area contributed by atoms with Crippen molar-refractivity contribution in [1.29, 1.82) is 0 Å². The SMILES string of the molecule is CCC1CNC(C(C)(C)C)CN1Cc1ncnn1CC. The van der Waals surface area contributed by atoms with Gasteiger partial charge in [-0.3, -0.25) is 4.90 Å². The molecule has 1 aromatic heterocycles. The van der Waals surface area contributed by atoms with E-state index in [2.05, 4.69) is 54.9 Å². The van der Waals surface area contributed by atoms with Crippen LogP contribution in [-0.4, -0.2) is 44.8 Å². The molecule has 20 heavy (non-hydrogen) atoms. The maximum Gasteiger partial charge on any atom is 0.141 e. The highest BCUT2D eigenvalue weighted by Crippen LogP contribution is 2.25. The van der Waals surface area contributed by atoms with Crippen LogP contribution >= 0.6 is 0 Å². The molecular formula is C15H29N5. The Morgan fingerprint density at radius 2 is 2.10 bits per heavy atom. The van der Waals surface area contributed by atoms with Gasteiger partial charge in [0.2, 0.25) is 0 Å². The van der Waals surface area contributed by atoms with Gasteiger partial charge in [0, 0.05) is 31.7 Å². The number of hydrogen-bond donors (Lipinski definition) is 1. The Balaban J connectivity index is 2.09. The van der Waals surface area contributed by atoms with E-state index in [9.17, 15) is 0 Å². The van der Waals surface area contributed by atoms with Crippen LogP contribution in [-0.2, 0) is 13.1 Å². The monoisotopic (exact) mass is 279 g/mol. The maximum absolute atomic E-state index is 4.43. The van der Waals surface area contributed by atoms with Crippen LogP contribution in [0.1, 0.15) is 46.9 Å². The fourth-order valence-electron chi connectivity index (χ4n) is 2.89. The van der Waals surface area contributed by atoms with Crippen molar-refractivity contribution in [3.8, 4) is 0 Å². The predicted molar refractivity (Wildman–Crippen MR) is 81.4 cm³/mol. The molecule has 0 spiro atoms. The van der Waals surface area contributed by atoms with Crippen LogP contribution in [0.2, 0.25) is 0 Å². The van der Waals surface area contributed by atoms with Gasteiger partial charge in [-0.15, -0.1) is 0 Å². The van der Waals surface area contributed by atoms with E-state index in [0.29, 0.717) is 12.1 Å². The van der Waals surface area contributed by atoms with Gasteiger partial charge in [-0.1, -0.05) is 27.7 Å². The number of hydrogen-bond acceptors (Lipinski definition) is 4. The Bertz CT molecular complexity index is 420. The summed E-state index contributed by atoms with van der Waals surface area (Å²) in [4.78, 5) is 7.00. The zero-order chi connectivity index (χ0) is 14.8. The highest BCUT2D eigenvalue weighted by Gasteiger charge is 2.33. The van der Waals surface area contributed by atoms with Gasteiger partial charge in [0.1, 0.15) is 12.2 Å². The van der Waals surface area contributed by atoms with Crippen molar-refractivity contribution in [2.24, 2.45) is 5.41 Å². The van der Waals surface area contributed by atoms with Crippen molar-refractivity contribution in [3.05, 3.63) is 12.2 Å². The smallest absolute Gasteiger partial charge is 0.141 e. The lowest BCUT2D eigenvalue weighted by Crippen LogP contribution is -2.59. The Kier molecular flexibility index (Phi) is 4.81. The molecule has 1 aliphatic rings. The lowest BCUT2D eigenvalue weighted by atomic mass is 9.84. The summed E-state index contributed by atoms with van der Waals surface area (Å²) in [5.41, 5.74) is 0.287. The molecule has 0 radical (unpaired) electrons. The molecule has 0 aromatic carbocycles. The topological polar surface area (TPSA) is 46.0 Å². The Morgan fingerprint density at radius 3 is 2.70 bits per heavy atom. The third-order valence-corrected chi connectivity index (χ3v) is 4.39. The lowest BCUT2D eigenvalue weighted by Gasteiger charge is -2.44. The number of rotatable bonds is 4. The second-order valence-corrected chi connectivity index (χ2v) is 6.81. The number of piperazine rings is 1. The van der Waals surface area contributed by atoms with E-state index >= 15 is 0 Å². The minimum Gasteiger partial charge on any atom is -0.311 e. The molecule has 0 saturated carbocycles. The average Bonchev–Trinajstić information content (AvgIpc) is 2.85. The van der Waals surface area contributed by atoms with Gasteiger partial charge in [0.25, 0.3) is 0 Å². The minimum atomic E-state index is 0.287. The molecule has 5 heteroatoms. The summed E-state index contributed by atoms with van der Waals surface area (Å²) in [5, 5.41) is 8.00. The predicted octanol–water partition coefficient (Wildman–Crippen LogP) is 1.90. The summed E-state index contributed by atoms with van der Waals surface area (Å²) >= 11 is 0. The number of nitrogens with zero attached hydrogens (tertiary/aromatic N) is 4. The molecule has 5 nitrogen and oxygen atoms in total. The van der Waals surface area contributed by atoms with Crippen LogP contribution in [0.3, 0.4) is 0 Å². The minimum absolute atomic E-state index is 0.287. The normalized spacial score (nSPS) is 25.1. The quantitative estimate of drug-likeness (QED) is 0.914. The summed E-state index contributed by atoms with van der Waals surface area (Å²) in [5.74, 6) is 1.08. The molecule has 2 rings (SSSR count). The standard InChI is InChI=1S/C15H29N5/c1-6-12-8-16-13(15(3,4)5)9-19(12)10-14-17-11-18-20(14)7-2/h11-13,16H,6-10H2,1-5H3. The van der Waals surface area contributed by atoms with E-state index in [1.165, 1.54) is 6.42 Å². The van der Waals surface area contributed by atoms with Crippen LogP contribution in [0.15, 0.2) is 6.33 Å². The van der Waals surface area contributed by atoms with Crippen molar-refractivity contribution in [2.45, 2.75) is 66.2 Å². The van der Waals surface area contributed by atoms with Gasteiger partial charge in [-0.05, 0) is 18.8 Å². The van der Waals surface area contributed by atoms with E-state index in [0.717, 1.165) is 32.0 Å². The van der Waals surface area contributed by atoms with Crippen LogP contribution in [0.4, 0.5) is 0 Å². The fourth-order valence-corrected chi connectivity index (χ4v) is 2.89. The van der Waals surface area contributed by atoms with E-state index < -0.39 is 0 Å². The third-order valence-electron chi connectivity index (χ3n) is 4.39. The Morgan fingerprint density at radius 1 is 1.35 bits per heavy atom. The first-order valence-corrected chi connectivity index (χ1v) is 7.79. The zero-order valence-corrected chi connectivity index (χ0v) is 13.6. The van der Waals surface area contributed by atoms with Gasteiger partial charge in [0.05, 0.1) is 6.54 Å². The first kappa shape index (κ1) is 15.4. The van der Waals surface area contributed by atoms with Gasteiger partial charge in [-0.25, -0.2) is 9.67 Å². The van der Waals surface area contributed by atoms with Crippen LogP contribution in [0, 0.1) is 5.41 Å². The highest BCUT2D eigenvalue weighted by molar-refractivity contribution is 4.94. The molecule has 1 aromatic rings. The average molecular weight is 279 g/mol. The summed E-state index contributed by atoms with van der Waals surface area (Å²) < 4.78 is 2.00. The number of aromatic nitrogens is 3. The van der Waals surface area contributed by atoms with Gasteiger partial charge < -0.3 is 5.32 Å². The van der Waals surface area contributed by atoms with Crippen LogP contribution in [0.25, 0.3) is 0 Å². The van der Waals surface area contributed by atoms with Gasteiger partial charge in [0.15, 0.2) is 0 Å².